The van der Waals surface area contributed by atoms with Crippen LogP contribution in [0.3, 0.4) is 0 Å². The predicted molar refractivity (Wildman–Crippen MR) is 165 cm³/mol. The van der Waals surface area contributed by atoms with Gasteiger partial charge in [-0.2, -0.15) is 0 Å². The number of carbonyl (C=O) groups is 3. The molecule has 4 atom stereocenters. The topological polar surface area (TPSA) is 84.9 Å². The summed E-state index contributed by atoms with van der Waals surface area (Å²) in [6.07, 6.45) is 2.05. The van der Waals surface area contributed by atoms with Crippen molar-refractivity contribution >= 4 is 34.4 Å². The van der Waals surface area contributed by atoms with E-state index < -0.39 is 23.4 Å². The first-order valence-corrected chi connectivity index (χ1v) is 14.2. The molecule has 1 spiro atoms. The number of para-hydroxylation sites is 2. The fourth-order valence-corrected chi connectivity index (χ4v) is 7.27. The zero-order chi connectivity index (χ0) is 29.9. The molecule has 0 bridgehead atoms. The molecular weight excluding hydrogens is 540 g/mol. The zero-order valence-electron chi connectivity index (χ0n) is 24.0. The summed E-state index contributed by atoms with van der Waals surface area (Å²) in [7, 11) is 3.11. The number of allylic oxidation sites excluding steroid dienone is 1. The number of benzene rings is 4. The second-order valence-electron chi connectivity index (χ2n) is 11.2. The molecule has 3 aliphatic heterocycles. The second kappa shape index (κ2) is 9.98. The van der Waals surface area contributed by atoms with Crippen LogP contribution in [0.15, 0.2) is 103 Å². The van der Waals surface area contributed by atoms with Gasteiger partial charge in [0.1, 0.15) is 23.0 Å². The molecule has 0 aliphatic carbocycles. The Morgan fingerprint density at radius 3 is 2.28 bits per heavy atom. The number of anilines is 2. The largest absolute Gasteiger partial charge is 0.497 e. The number of carbonyl (C=O) groups excluding carboxylic acids is 3. The minimum absolute atomic E-state index is 0.245. The number of ketones is 2. The van der Waals surface area contributed by atoms with Gasteiger partial charge in [-0.15, -0.1) is 0 Å². The molecule has 0 radical (unpaired) electrons. The van der Waals surface area contributed by atoms with E-state index in [1.165, 1.54) is 0 Å². The van der Waals surface area contributed by atoms with Gasteiger partial charge in [0, 0.05) is 28.1 Å². The maximum atomic E-state index is 15.0. The van der Waals surface area contributed by atoms with Crippen LogP contribution in [-0.2, 0) is 10.2 Å². The van der Waals surface area contributed by atoms with Crippen LogP contribution in [0.4, 0.5) is 11.4 Å². The molecule has 1 N–H and O–H groups in total. The van der Waals surface area contributed by atoms with Gasteiger partial charge in [-0.25, -0.2) is 0 Å². The molecular formula is C36H30N2O5. The molecule has 3 aliphatic rings. The van der Waals surface area contributed by atoms with Crippen molar-refractivity contribution in [3.8, 4) is 11.5 Å². The molecule has 3 heterocycles. The van der Waals surface area contributed by atoms with Gasteiger partial charge in [-0.05, 0) is 66.6 Å². The van der Waals surface area contributed by atoms with Crippen molar-refractivity contribution in [3.63, 3.8) is 0 Å². The normalized spacial score (nSPS) is 23.1. The van der Waals surface area contributed by atoms with Gasteiger partial charge in [0.2, 0.25) is 5.91 Å². The number of nitrogens with one attached hydrogen (secondary N) is 1. The Labute approximate surface area is 249 Å². The number of amides is 1. The summed E-state index contributed by atoms with van der Waals surface area (Å²) in [6, 6.07) is 27.6. The van der Waals surface area contributed by atoms with Crippen molar-refractivity contribution in [2.24, 2.45) is 5.92 Å². The maximum Gasteiger partial charge on any atom is 0.238 e. The lowest BCUT2D eigenvalue weighted by atomic mass is 9.64. The molecule has 4 aromatic rings. The first kappa shape index (κ1) is 26.7. The van der Waals surface area contributed by atoms with E-state index in [9.17, 15) is 14.4 Å². The lowest BCUT2D eigenvalue weighted by Crippen LogP contribution is -2.51. The summed E-state index contributed by atoms with van der Waals surface area (Å²) in [5, 5.41) is 3.08. The molecule has 7 nitrogen and oxygen atoms in total. The van der Waals surface area contributed by atoms with E-state index in [1.807, 2.05) is 60.4 Å². The molecule has 214 valence electrons. The Bertz CT molecular complexity index is 1830. The minimum atomic E-state index is -1.38. The first-order chi connectivity index (χ1) is 20.9. The first-order valence-electron chi connectivity index (χ1n) is 14.2. The number of hydrogen-bond donors (Lipinski definition) is 1. The highest BCUT2D eigenvalue weighted by molar-refractivity contribution is 6.18. The standard InChI is InChI=1S/C36H30N2O5/c1-21-19-30-36(27-12-5-6-13-28(27)37-35(36)41)31(33(39)23-9-8-10-25(20-23)43-3)32(38(30)29-14-7-4-11-26(21)29)34(40)22-15-17-24(42-2)18-16-22/h4-20,30-32H,1-3H3,(H,37,41)/t30-,31+,32-,36+/m0/s1. The lowest BCUT2D eigenvalue weighted by molar-refractivity contribution is -0.121. The average Bonchev–Trinajstić information content (AvgIpc) is 3.52. The zero-order valence-corrected chi connectivity index (χ0v) is 24.0. The second-order valence-corrected chi connectivity index (χ2v) is 11.2. The molecule has 0 unspecified atom stereocenters. The monoisotopic (exact) mass is 570 g/mol. The molecule has 0 aromatic heterocycles. The number of nitrogens with zero attached hydrogens (tertiary/aromatic N) is 1. The van der Waals surface area contributed by atoms with Crippen LogP contribution in [0, 0.1) is 5.92 Å². The van der Waals surface area contributed by atoms with E-state index in [0.29, 0.717) is 33.9 Å². The molecule has 7 heteroatoms. The Balaban J connectivity index is 1.53. The Hall–Kier alpha value is -5.17. The average molecular weight is 571 g/mol. The summed E-state index contributed by atoms with van der Waals surface area (Å²) in [6.45, 7) is 2.01. The lowest BCUT2D eigenvalue weighted by Gasteiger charge is -2.39. The highest BCUT2D eigenvalue weighted by atomic mass is 16.5. The van der Waals surface area contributed by atoms with Crippen LogP contribution in [0.5, 0.6) is 11.5 Å². The molecule has 1 saturated heterocycles. The Kier molecular flexibility index (Phi) is 6.20. The van der Waals surface area contributed by atoms with Gasteiger partial charge < -0.3 is 19.7 Å². The van der Waals surface area contributed by atoms with Crippen molar-refractivity contribution in [1.82, 2.24) is 0 Å². The Morgan fingerprint density at radius 1 is 0.791 bits per heavy atom. The summed E-state index contributed by atoms with van der Waals surface area (Å²) < 4.78 is 10.8. The number of hydrogen-bond acceptors (Lipinski definition) is 6. The van der Waals surface area contributed by atoms with E-state index in [0.717, 1.165) is 16.8 Å². The summed E-state index contributed by atoms with van der Waals surface area (Å²) in [4.78, 5) is 46.3. The van der Waals surface area contributed by atoms with Crippen LogP contribution in [0.1, 0.15) is 38.8 Å². The van der Waals surface area contributed by atoms with Crippen LogP contribution >= 0.6 is 0 Å². The summed E-state index contributed by atoms with van der Waals surface area (Å²) in [5.74, 6) is -0.754. The molecule has 43 heavy (non-hydrogen) atoms. The third-order valence-corrected chi connectivity index (χ3v) is 9.16. The number of fused-ring (bicyclic) bond motifs is 6. The van der Waals surface area contributed by atoms with E-state index in [2.05, 4.69) is 11.4 Å². The molecule has 1 fully saturated rings. The number of Topliss-reactive ketones (excluding diaryl/α,β-unsaturated/α-hetero) is 2. The highest BCUT2D eigenvalue weighted by Gasteiger charge is 2.70. The minimum Gasteiger partial charge on any atom is -0.497 e. The highest BCUT2D eigenvalue weighted by Crippen LogP contribution is 2.58. The number of methoxy groups -OCH3 is 2. The van der Waals surface area contributed by atoms with E-state index in [-0.39, 0.29) is 17.5 Å². The fraction of sp³-hybridized carbons (Fsp3) is 0.194. The van der Waals surface area contributed by atoms with Crippen LogP contribution in [0.25, 0.3) is 5.57 Å². The molecule has 1 amide bonds. The van der Waals surface area contributed by atoms with Gasteiger partial charge in [-0.1, -0.05) is 54.6 Å². The van der Waals surface area contributed by atoms with E-state index in [4.69, 9.17) is 9.47 Å². The van der Waals surface area contributed by atoms with Crippen molar-refractivity contribution in [2.75, 3.05) is 24.4 Å². The quantitative estimate of drug-likeness (QED) is 0.289. The van der Waals surface area contributed by atoms with E-state index >= 15 is 0 Å². The van der Waals surface area contributed by atoms with Gasteiger partial charge in [-0.3, -0.25) is 14.4 Å². The number of ether oxygens (including phenoxy) is 2. The Morgan fingerprint density at radius 2 is 1.51 bits per heavy atom. The number of rotatable bonds is 6. The van der Waals surface area contributed by atoms with Gasteiger partial charge in [0.15, 0.2) is 11.6 Å². The van der Waals surface area contributed by atoms with Crippen molar-refractivity contribution in [1.29, 1.82) is 0 Å². The van der Waals surface area contributed by atoms with Gasteiger partial charge >= 0.3 is 0 Å². The SMILES string of the molecule is COc1ccc(C(=O)[C@@H]2[C@H](C(=O)c3cccc(OC)c3)[C@]3(C(=O)Nc4ccccc43)[C@@H]3C=C(C)c4ccccc4N23)cc1. The van der Waals surface area contributed by atoms with Crippen molar-refractivity contribution in [2.45, 2.75) is 24.4 Å². The third kappa shape index (κ3) is 3.77. The van der Waals surface area contributed by atoms with Crippen LogP contribution < -0.4 is 19.7 Å². The molecule has 7 rings (SSSR count). The summed E-state index contributed by atoms with van der Waals surface area (Å²) >= 11 is 0. The van der Waals surface area contributed by atoms with Crippen molar-refractivity contribution in [3.05, 3.63) is 125 Å². The van der Waals surface area contributed by atoms with Crippen LogP contribution in [-0.4, -0.2) is 43.8 Å². The smallest absolute Gasteiger partial charge is 0.238 e. The van der Waals surface area contributed by atoms with Gasteiger partial charge in [0.25, 0.3) is 0 Å². The van der Waals surface area contributed by atoms with Gasteiger partial charge in [0.05, 0.1) is 26.2 Å². The third-order valence-electron chi connectivity index (χ3n) is 9.16. The molecule has 4 aromatic carbocycles. The van der Waals surface area contributed by atoms with E-state index in [1.54, 1.807) is 62.8 Å². The maximum absolute atomic E-state index is 15.0. The fourth-order valence-electron chi connectivity index (χ4n) is 7.27. The van der Waals surface area contributed by atoms with Crippen molar-refractivity contribution < 1.29 is 23.9 Å². The van der Waals surface area contributed by atoms with Crippen LogP contribution in [0.2, 0.25) is 0 Å². The molecule has 0 saturated carbocycles. The summed E-state index contributed by atoms with van der Waals surface area (Å²) in [5.41, 5.74) is 3.56. The predicted octanol–water partition coefficient (Wildman–Crippen LogP) is 5.95.